The van der Waals surface area contributed by atoms with Gasteiger partial charge < -0.3 is 20.5 Å². The highest BCUT2D eigenvalue weighted by atomic mass is 16.5. The molecule has 0 saturated heterocycles. The van der Waals surface area contributed by atoms with Gasteiger partial charge in [-0.2, -0.15) is 0 Å². The number of methoxy groups -OCH3 is 1. The van der Waals surface area contributed by atoms with Crippen molar-refractivity contribution < 1.29 is 19.4 Å². The van der Waals surface area contributed by atoms with Crippen molar-refractivity contribution in [2.45, 2.75) is 25.8 Å². The topological polar surface area (TPSA) is 87.7 Å². The van der Waals surface area contributed by atoms with Gasteiger partial charge >= 0.3 is 5.97 Å². The van der Waals surface area contributed by atoms with Crippen LogP contribution in [0.3, 0.4) is 0 Å². The Hall–Kier alpha value is -1.14. The highest BCUT2D eigenvalue weighted by Crippen LogP contribution is 1.92. The van der Waals surface area contributed by atoms with Crippen molar-refractivity contribution in [2.24, 2.45) is 0 Å². The summed E-state index contributed by atoms with van der Waals surface area (Å²) in [5.41, 5.74) is 0. The first-order chi connectivity index (χ1) is 7.61. The van der Waals surface area contributed by atoms with E-state index in [-0.39, 0.29) is 18.9 Å². The van der Waals surface area contributed by atoms with Crippen molar-refractivity contribution in [3.8, 4) is 0 Å². The molecule has 1 unspecified atom stereocenters. The van der Waals surface area contributed by atoms with Gasteiger partial charge in [-0.15, -0.1) is 0 Å². The van der Waals surface area contributed by atoms with Crippen LogP contribution in [0.2, 0.25) is 0 Å². The summed E-state index contributed by atoms with van der Waals surface area (Å²) in [6.07, 6.45) is 1.20. The number of carboxylic acids is 1. The molecule has 0 aliphatic rings. The fourth-order valence-corrected chi connectivity index (χ4v) is 1.12. The van der Waals surface area contributed by atoms with Crippen molar-refractivity contribution in [1.82, 2.24) is 10.6 Å². The summed E-state index contributed by atoms with van der Waals surface area (Å²) < 4.78 is 4.77. The quantitative estimate of drug-likeness (QED) is 0.470. The average Bonchev–Trinajstić information content (AvgIpc) is 2.24. The molecule has 0 aromatic heterocycles. The Morgan fingerprint density at radius 2 is 2.12 bits per heavy atom. The number of carbonyl (C=O) groups is 2. The molecule has 1 atom stereocenters. The molecule has 0 radical (unpaired) electrons. The van der Waals surface area contributed by atoms with Gasteiger partial charge in [-0.3, -0.25) is 4.79 Å². The van der Waals surface area contributed by atoms with Crippen molar-refractivity contribution in [1.29, 1.82) is 0 Å². The molecule has 0 saturated carbocycles. The highest BCUT2D eigenvalue weighted by molar-refractivity contribution is 5.84. The average molecular weight is 232 g/mol. The van der Waals surface area contributed by atoms with E-state index in [9.17, 15) is 9.59 Å². The zero-order valence-corrected chi connectivity index (χ0v) is 9.78. The lowest BCUT2D eigenvalue weighted by atomic mass is 10.2. The molecule has 0 rings (SSSR count). The third-order valence-corrected chi connectivity index (χ3v) is 1.96. The molecule has 1 amide bonds. The van der Waals surface area contributed by atoms with Crippen LogP contribution < -0.4 is 10.6 Å². The van der Waals surface area contributed by atoms with Gasteiger partial charge in [0, 0.05) is 20.1 Å². The molecule has 6 nitrogen and oxygen atoms in total. The molecule has 0 heterocycles. The zero-order valence-electron chi connectivity index (χ0n) is 9.78. The molecule has 94 valence electrons. The number of carboxylic acid groups (broad SMARTS) is 1. The van der Waals surface area contributed by atoms with Gasteiger partial charge in [0.05, 0.1) is 6.54 Å². The van der Waals surface area contributed by atoms with Gasteiger partial charge in [-0.25, -0.2) is 4.79 Å². The van der Waals surface area contributed by atoms with E-state index in [1.807, 2.05) is 6.92 Å². The third-order valence-electron chi connectivity index (χ3n) is 1.96. The van der Waals surface area contributed by atoms with E-state index in [0.29, 0.717) is 6.61 Å². The first-order valence-electron chi connectivity index (χ1n) is 5.33. The number of hydrogen-bond acceptors (Lipinski definition) is 4. The van der Waals surface area contributed by atoms with Crippen LogP contribution in [0.4, 0.5) is 0 Å². The lowest BCUT2D eigenvalue weighted by Gasteiger charge is -2.14. The molecule has 0 fully saturated rings. The van der Waals surface area contributed by atoms with Crippen molar-refractivity contribution in [3.05, 3.63) is 0 Å². The van der Waals surface area contributed by atoms with Crippen LogP contribution in [0.5, 0.6) is 0 Å². The zero-order chi connectivity index (χ0) is 12.4. The Kier molecular flexibility index (Phi) is 8.46. The van der Waals surface area contributed by atoms with Gasteiger partial charge in [0.1, 0.15) is 6.04 Å². The minimum Gasteiger partial charge on any atom is -0.480 e. The van der Waals surface area contributed by atoms with Gasteiger partial charge in [0.2, 0.25) is 5.91 Å². The van der Waals surface area contributed by atoms with E-state index >= 15 is 0 Å². The molecular formula is C10H20N2O4. The Morgan fingerprint density at radius 1 is 1.44 bits per heavy atom. The number of aliphatic carboxylic acids is 1. The Balaban J connectivity index is 3.88. The number of nitrogens with one attached hydrogen (secondary N) is 2. The first-order valence-corrected chi connectivity index (χ1v) is 5.33. The van der Waals surface area contributed by atoms with Gasteiger partial charge in [0.25, 0.3) is 0 Å². The third kappa shape index (κ3) is 7.19. The smallest absolute Gasteiger partial charge is 0.326 e. The summed E-state index contributed by atoms with van der Waals surface area (Å²) in [6.45, 7) is 3.18. The SMILES string of the molecule is CCCNCC(=O)NC(CCOC)C(=O)O. The molecule has 3 N–H and O–H groups in total. The number of ether oxygens (including phenoxy) is 1. The van der Waals surface area contributed by atoms with Crippen LogP contribution >= 0.6 is 0 Å². The maximum absolute atomic E-state index is 11.3. The first kappa shape index (κ1) is 14.9. The Morgan fingerprint density at radius 3 is 2.62 bits per heavy atom. The summed E-state index contributed by atoms with van der Waals surface area (Å²) in [6, 6.07) is -0.879. The van der Waals surface area contributed by atoms with Crippen LogP contribution in [0.25, 0.3) is 0 Å². The van der Waals surface area contributed by atoms with Crippen LogP contribution in [0.15, 0.2) is 0 Å². The standard InChI is InChI=1S/C10H20N2O4/c1-3-5-11-7-9(13)12-8(10(14)15)4-6-16-2/h8,11H,3-7H2,1-2H3,(H,12,13)(H,14,15). The highest BCUT2D eigenvalue weighted by Gasteiger charge is 2.18. The number of rotatable bonds is 9. The van der Waals surface area contributed by atoms with Gasteiger partial charge in [-0.1, -0.05) is 6.92 Å². The van der Waals surface area contributed by atoms with Crippen molar-refractivity contribution in [2.75, 3.05) is 26.8 Å². The molecule has 0 aliphatic carbocycles. The van der Waals surface area contributed by atoms with E-state index < -0.39 is 12.0 Å². The predicted molar refractivity (Wildman–Crippen MR) is 59.2 cm³/mol. The molecule has 0 aliphatic heterocycles. The maximum Gasteiger partial charge on any atom is 0.326 e. The van der Waals surface area contributed by atoms with Crippen molar-refractivity contribution >= 4 is 11.9 Å². The molecule has 0 bridgehead atoms. The molecule has 6 heteroatoms. The molecule has 0 spiro atoms. The van der Waals surface area contributed by atoms with E-state index in [2.05, 4.69) is 10.6 Å². The second kappa shape index (κ2) is 9.11. The van der Waals surface area contributed by atoms with Crippen LogP contribution in [-0.4, -0.2) is 49.8 Å². The fourth-order valence-electron chi connectivity index (χ4n) is 1.12. The summed E-state index contributed by atoms with van der Waals surface area (Å²) in [5.74, 6) is -1.35. The summed E-state index contributed by atoms with van der Waals surface area (Å²) in [4.78, 5) is 22.1. The van der Waals surface area contributed by atoms with Crippen LogP contribution in [0, 0.1) is 0 Å². The lowest BCUT2D eigenvalue weighted by molar-refractivity contribution is -0.142. The molecule has 0 aromatic rings. The van der Waals surface area contributed by atoms with Gasteiger partial charge in [0.15, 0.2) is 0 Å². The minimum absolute atomic E-state index is 0.143. The van der Waals surface area contributed by atoms with E-state index in [0.717, 1.165) is 13.0 Å². The van der Waals surface area contributed by atoms with Gasteiger partial charge in [-0.05, 0) is 13.0 Å². The summed E-state index contributed by atoms with van der Waals surface area (Å²) >= 11 is 0. The second-order valence-corrected chi connectivity index (χ2v) is 3.42. The molecule has 16 heavy (non-hydrogen) atoms. The maximum atomic E-state index is 11.3. The van der Waals surface area contributed by atoms with E-state index in [4.69, 9.17) is 9.84 Å². The summed E-state index contributed by atoms with van der Waals surface area (Å²) in [7, 11) is 1.49. The normalized spacial score (nSPS) is 12.1. The fraction of sp³-hybridized carbons (Fsp3) is 0.800. The largest absolute Gasteiger partial charge is 0.480 e. The predicted octanol–water partition coefficient (Wildman–Crippen LogP) is -0.408. The lowest BCUT2D eigenvalue weighted by Crippen LogP contribution is -2.45. The monoisotopic (exact) mass is 232 g/mol. The number of carbonyl (C=O) groups excluding carboxylic acids is 1. The summed E-state index contributed by atoms with van der Waals surface area (Å²) in [5, 5.41) is 14.2. The van der Waals surface area contributed by atoms with E-state index in [1.54, 1.807) is 0 Å². The van der Waals surface area contributed by atoms with Crippen LogP contribution in [-0.2, 0) is 14.3 Å². The molecule has 0 aromatic carbocycles. The molecular weight excluding hydrogens is 212 g/mol. The number of hydrogen-bond donors (Lipinski definition) is 3. The Labute approximate surface area is 95.4 Å². The second-order valence-electron chi connectivity index (χ2n) is 3.42. The van der Waals surface area contributed by atoms with E-state index in [1.165, 1.54) is 7.11 Å². The van der Waals surface area contributed by atoms with Crippen molar-refractivity contribution in [3.63, 3.8) is 0 Å². The number of amides is 1. The van der Waals surface area contributed by atoms with Crippen LogP contribution in [0.1, 0.15) is 19.8 Å². The minimum atomic E-state index is -1.04. The Bertz CT molecular complexity index is 221.